The Kier molecular flexibility index (Phi) is 3.12. The first-order valence-corrected chi connectivity index (χ1v) is 6.73. The monoisotopic (exact) mass is 327 g/mol. The molecule has 2 aromatic heterocycles. The van der Waals surface area contributed by atoms with E-state index >= 15 is 0 Å². The summed E-state index contributed by atoms with van der Waals surface area (Å²) >= 11 is 3.38. The average molecular weight is 328 g/mol. The van der Waals surface area contributed by atoms with E-state index in [9.17, 15) is 0 Å². The van der Waals surface area contributed by atoms with Crippen molar-refractivity contribution in [1.29, 1.82) is 5.26 Å². The molecular formula is C14H10BrN5. The second-order valence-corrected chi connectivity index (χ2v) is 5.15. The second kappa shape index (κ2) is 4.94. The fraction of sp³-hybridized carbons (Fsp3) is 0.0714. The molecule has 2 heterocycles. The van der Waals surface area contributed by atoms with Crippen molar-refractivity contribution in [2.45, 2.75) is 6.92 Å². The Morgan fingerprint density at radius 3 is 3.05 bits per heavy atom. The van der Waals surface area contributed by atoms with Crippen LogP contribution in [0.4, 0.5) is 11.5 Å². The molecular weight excluding hydrogens is 318 g/mol. The summed E-state index contributed by atoms with van der Waals surface area (Å²) in [6.07, 6.45) is 5.41. The van der Waals surface area contributed by atoms with Crippen LogP contribution in [0, 0.1) is 18.3 Å². The minimum Gasteiger partial charge on any atom is -0.337 e. The summed E-state index contributed by atoms with van der Waals surface area (Å²) < 4.78 is 2.59. The predicted molar refractivity (Wildman–Crippen MR) is 79.9 cm³/mol. The number of nitrogens with zero attached hydrogens (tertiary/aromatic N) is 4. The van der Waals surface area contributed by atoms with Crippen LogP contribution in [0.5, 0.6) is 0 Å². The number of hydrogen-bond acceptors (Lipinski definition) is 4. The Morgan fingerprint density at radius 1 is 1.40 bits per heavy atom. The average Bonchev–Trinajstić information content (AvgIpc) is 2.89. The van der Waals surface area contributed by atoms with Crippen molar-refractivity contribution in [2.75, 3.05) is 5.32 Å². The van der Waals surface area contributed by atoms with Gasteiger partial charge in [-0.2, -0.15) is 5.26 Å². The van der Waals surface area contributed by atoms with Crippen molar-refractivity contribution in [1.82, 2.24) is 14.4 Å². The molecule has 0 fully saturated rings. The van der Waals surface area contributed by atoms with E-state index in [1.165, 1.54) is 0 Å². The maximum atomic E-state index is 8.98. The highest BCUT2D eigenvalue weighted by Gasteiger charge is 2.08. The number of aryl methyl sites for hydroxylation is 1. The van der Waals surface area contributed by atoms with Crippen LogP contribution in [0.3, 0.4) is 0 Å². The summed E-state index contributed by atoms with van der Waals surface area (Å²) in [6, 6.07) is 7.63. The van der Waals surface area contributed by atoms with Gasteiger partial charge in [0.1, 0.15) is 4.60 Å². The van der Waals surface area contributed by atoms with Crippen molar-refractivity contribution in [3.63, 3.8) is 0 Å². The third kappa shape index (κ3) is 2.24. The van der Waals surface area contributed by atoms with E-state index in [0.717, 1.165) is 16.9 Å². The maximum absolute atomic E-state index is 8.98. The lowest BCUT2D eigenvalue weighted by molar-refractivity contribution is 1.10. The Labute approximate surface area is 124 Å². The minimum absolute atomic E-state index is 0.604. The van der Waals surface area contributed by atoms with E-state index in [2.05, 4.69) is 37.3 Å². The zero-order valence-electron chi connectivity index (χ0n) is 10.6. The fourth-order valence-electron chi connectivity index (χ4n) is 1.94. The zero-order chi connectivity index (χ0) is 14.1. The molecule has 5 nitrogen and oxygen atoms in total. The van der Waals surface area contributed by atoms with Crippen molar-refractivity contribution >= 4 is 33.1 Å². The van der Waals surface area contributed by atoms with E-state index < -0.39 is 0 Å². The first-order chi connectivity index (χ1) is 9.67. The summed E-state index contributed by atoms with van der Waals surface area (Å²) in [7, 11) is 0. The molecule has 20 heavy (non-hydrogen) atoms. The van der Waals surface area contributed by atoms with Gasteiger partial charge in [0.15, 0.2) is 11.5 Å². The molecule has 6 heteroatoms. The van der Waals surface area contributed by atoms with Crippen LogP contribution < -0.4 is 5.32 Å². The fourth-order valence-corrected chi connectivity index (χ4v) is 2.34. The Balaban J connectivity index is 2.09. The van der Waals surface area contributed by atoms with Gasteiger partial charge in [-0.05, 0) is 40.5 Å². The maximum Gasteiger partial charge on any atom is 0.180 e. The van der Waals surface area contributed by atoms with Gasteiger partial charge >= 0.3 is 0 Å². The van der Waals surface area contributed by atoms with Crippen LogP contribution in [0.25, 0.3) is 5.65 Å². The lowest BCUT2D eigenvalue weighted by Gasteiger charge is -2.10. The molecule has 0 bridgehead atoms. The van der Waals surface area contributed by atoms with Crippen LogP contribution in [0.2, 0.25) is 0 Å². The van der Waals surface area contributed by atoms with Gasteiger partial charge in [-0.15, -0.1) is 0 Å². The number of imidazole rings is 1. The van der Waals surface area contributed by atoms with E-state index in [1.807, 2.05) is 29.8 Å². The third-order valence-corrected chi connectivity index (χ3v) is 3.35. The summed E-state index contributed by atoms with van der Waals surface area (Å²) in [5.74, 6) is 0.641. The number of halogens is 1. The molecule has 0 amide bonds. The molecule has 0 spiro atoms. The van der Waals surface area contributed by atoms with Crippen molar-refractivity contribution in [2.24, 2.45) is 0 Å². The Hall–Kier alpha value is -2.39. The molecule has 0 unspecified atom stereocenters. The molecule has 98 valence electrons. The highest BCUT2D eigenvalue weighted by Crippen LogP contribution is 2.24. The molecule has 0 saturated heterocycles. The van der Waals surface area contributed by atoms with Gasteiger partial charge in [-0.1, -0.05) is 6.07 Å². The summed E-state index contributed by atoms with van der Waals surface area (Å²) in [4.78, 5) is 8.69. The number of anilines is 2. The minimum atomic E-state index is 0.604. The van der Waals surface area contributed by atoms with Crippen molar-refractivity contribution in [3.8, 4) is 6.07 Å². The molecule has 1 N–H and O–H groups in total. The molecule has 3 rings (SSSR count). The van der Waals surface area contributed by atoms with Gasteiger partial charge in [-0.3, -0.25) is 0 Å². The normalized spacial score (nSPS) is 10.4. The van der Waals surface area contributed by atoms with Gasteiger partial charge < -0.3 is 9.72 Å². The van der Waals surface area contributed by atoms with Gasteiger partial charge in [0.25, 0.3) is 0 Å². The lowest BCUT2D eigenvalue weighted by Crippen LogP contribution is -2.00. The molecule has 1 aromatic carbocycles. The number of nitriles is 1. The van der Waals surface area contributed by atoms with Crippen molar-refractivity contribution < 1.29 is 0 Å². The quantitative estimate of drug-likeness (QED) is 0.783. The molecule has 0 aliphatic rings. The number of benzene rings is 1. The second-order valence-electron chi connectivity index (χ2n) is 4.34. The largest absolute Gasteiger partial charge is 0.337 e. The van der Waals surface area contributed by atoms with E-state index in [0.29, 0.717) is 16.0 Å². The zero-order valence-corrected chi connectivity index (χ0v) is 12.2. The first-order valence-electron chi connectivity index (χ1n) is 5.94. The third-order valence-electron chi connectivity index (χ3n) is 2.96. The number of nitrogens with one attached hydrogen (secondary N) is 1. The highest BCUT2D eigenvalue weighted by atomic mass is 79.9. The predicted octanol–water partition coefficient (Wildman–Crippen LogP) is 3.42. The van der Waals surface area contributed by atoms with Crippen LogP contribution in [-0.2, 0) is 0 Å². The molecule has 0 saturated carbocycles. The number of fused-ring (bicyclic) bond motifs is 1. The summed E-state index contributed by atoms with van der Waals surface area (Å²) in [5, 5.41) is 12.2. The van der Waals surface area contributed by atoms with Crippen LogP contribution in [0.1, 0.15) is 11.1 Å². The topological polar surface area (TPSA) is 66.0 Å². The van der Waals surface area contributed by atoms with E-state index in [4.69, 9.17) is 5.26 Å². The summed E-state index contributed by atoms with van der Waals surface area (Å²) in [6.45, 7) is 1.98. The number of hydrogen-bond donors (Lipinski definition) is 1. The van der Waals surface area contributed by atoms with Gasteiger partial charge in [0.2, 0.25) is 0 Å². The van der Waals surface area contributed by atoms with Crippen LogP contribution in [0.15, 0.2) is 41.4 Å². The van der Waals surface area contributed by atoms with Crippen molar-refractivity contribution in [3.05, 3.63) is 52.5 Å². The van der Waals surface area contributed by atoms with Crippen LogP contribution in [-0.4, -0.2) is 14.4 Å². The van der Waals surface area contributed by atoms with E-state index in [1.54, 1.807) is 18.3 Å². The van der Waals surface area contributed by atoms with Crippen LogP contribution >= 0.6 is 15.9 Å². The molecule has 0 aliphatic carbocycles. The number of aromatic nitrogens is 3. The highest BCUT2D eigenvalue weighted by molar-refractivity contribution is 9.10. The Bertz CT molecular complexity index is 831. The molecule has 0 radical (unpaired) electrons. The molecule has 0 aliphatic heterocycles. The SMILES string of the molecule is Cc1ccc(C#N)cc1Nc1nc(Br)cn2ccnc12. The summed E-state index contributed by atoms with van der Waals surface area (Å²) in [5.41, 5.74) is 3.22. The smallest absolute Gasteiger partial charge is 0.180 e. The number of rotatable bonds is 2. The molecule has 3 aromatic rings. The molecule has 0 atom stereocenters. The first kappa shape index (κ1) is 12.6. The van der Waals surface area contributed by atoms with Gasteiger partial charge in [0, 0.05) is 24.3 Å². The van der Waals surface area contributed by atoms with Gasteiger partial charge in [-0.25, -0.2) is 9.97 Å². The Morgan fingerprint density at radius 2 is 2.25 bits per heavy atom. The van der Waals surface area contributed by atoms with Gasteiger partial charge in [0.05, 0.1) is 11.6 Å². The van der Waals surface area contributed by atoms with E-state index in [-0.39, 0.29) is 0 Å². The standard InChI is InChI=1S/C14H10BrN5/c1-9-2-3-10(7-16)6-11(9)18-13-14-17-4-5-20(14)8-12(15)19-13/h2-6,8H,1H3,(H,18,19). The lowest BCUT2D eigenvalue weighted by atomic mass is 10.1.